The minimum absolute atomic E-state index is 0.0666. The summed E-state index contributed by atoms with van der Waals surface area (Å²) in [6.07, 6.45) is 1.91. The van der Waals surface area contributed by atoms with Crippen molar-refractivity contribution in [3.8, 4) is 17.6 Å². The highest BCUT2D eigenvalue weighted by molar-refractivity contribution is 7.06. The minimum Gasteiger partial charge on any atom is -0.479 e. The second-order valence-electron chi connectivity index (χ2n) is 5.53. The molecule has 9 heteroatoms. The van der Waals surface area contributed by atoms with Crippen molar-refractivity contribution < 1.29 is 13.9 Å². The van der Waals surface area contributed by atoms with Crippen LogP contribution in [0.2, 0.25) is 5.02 Å². The summed E-state index contributed by atoms with van der Waals surface area (Å²) in [7, 11) is 1.55. The molecule has 0 radical (unpaired) electrons. The molecule has 1 aromatic carbocycles. The topological polar surface area (TPSA) is 57.8 Å². The van der Waals surface area contributed by atoms with Crippen LogP contribution in [0.15, 0.2) is 21.9 Å². The Morgan fingerprint density at radius 1 is 1.27 bits per heavy atom. The fourth-order valence-electron chi connectivity index (χ4n) is 2.52. The van der Waals surface area contributed by atoms with Gasteiger partial charge in [0.1, 0.15) is 24.7 Å². The summed E-state index contributed by atoms with van der Waals surface area (Å²) in [5.41, 5.74) is 0.0666. The van der Waals surface area contributed by atoms with E-state index in [1.807, 2.05) is 0 Å². The Labute approximate surface area is 158 Å². The molecule has 3 rings (SSSR count). The lowest BCUT2D eigenvalue weighted by Gasteiger charge is -2.15. The molecule has 26 heavy (non-hydrogen) atoms. The zero-order valence-electron chi connectivity index (χ0n) is 14.1. The monoisotopic (exact) mass is 397 g/mol. The molecule has 0 fully saturated rings. The molecule has 0 saturated heterocycles. The number of halogens is 2. The van der Waals surface area contributed by atoms with Gasteiger partial charge in [-0.25, -0.2) is 14.1 Å². The highest BCUT2D eigenvalue weighted by Gasteiger charge is 2.14. The Morgan fingerprint density at radius 2 is 2.00 bits per heavy atom. The lowest BCUT2D eigenvalue weighted by Crippen LogP contribution is -2.31. The quantitative estimate of drug-likeness (QED) is 0.745. The predicted octanol–water partition coefficient (Wildman–Crippen LogP) is 2.56. The Kier molecular flexibility index (Phi) is 6.14. The van der Waals surface area contributed by atoms with Crippen LogP contribution in [-0.4, -0.2) is 29.7 Å². The first kappa shape index (κ1) is 18.7. The van der Waals surface area contributed by atoms with Gasteiger partial charge in [0.15, 0.2) is 5.82 Å². The molecule has 138 valence electrons. The van der Waals surface area contributed by atoms with E-state index in [0.717, 1.165) is 30.2 Å². The van der Waals surface area contributed by atoms with E-state index < -0.39 is 5.82 Å². The summed E-state index contributed by atoms with van der Waals surface area (Å²) >= 11 is 7.03. The van der Waals surface area contributed by atoms with Crippen molar-refractivity contribution in [3.05, 3.63) is 37.4 Å². The van der Waals surface area contributed by atoms with Crippen LogP contribution in [0.4, 0.5) is 10.1 Å². The Balaban J connectivity index is 1.92. The molecular weight excluding hydrogens is 381 g/mol. The Bertz CT molecular complexity index is 984. The van der Waals surface area contributed by atoms with Gasteiger partial charge in [0.2, 0.25) is 4.80 Å². The summed E-state index contributed by atoms with van der Waals surface area (Å²) < 4.78 is 28.0. The van der Waals surface area contributed by atoms with Gasteiger partial charge in [0, 0.05) is 26.3 Å². The van der Waals surface area contributed by atoms with E-state index in [9.17, 15) is 9.18 Å². The maximum atomic E-state index is 14.3. The molecular formula is C17H17ClFN3O3S. The van der Waals surface area contributed by atoms with Gasteiger partial charge in [-0.1, -0.05) is 23.4 Å². The minimum atomic E-state index is -0.580. The molecule has 1 aliphatic rings. The predicted molar refractivity (Wildman–Crippen MR) is 97.6 cm³/mol. The van der Waals surface area contributed by atoms with Crippen molar-refractivity contribution in [2.75, 3.05) is 20.3 Å². The van der Waals surface area contributed by atoms with Crippen LogP contribution >= 0.6 is 22.9 Å². The SMILES string of the molecule is COCC#CCOc1cc(N=c2sc(=O)n3n2CCCC3)c(F)cc1Cl. The Morgan fingerprint density at radius 3 is 2.77 bits per heavy atom. The second-order valence-corrected chi connectivity index (χ2v) is 6.85. The van der Waals surface area contributed by atoms with Crippen LogP contribution in [0, 0.1) is 17.7 Å². The highest BCUT2D eigenvalue weighted by atomic mass is 35.5. The lowest BCUT2D eigenvalue weighted by molar-refractivity contribution is 0.239. The number of rotatable bonds is 4. The standard InChI is InChI=1S/C17H17ClFN3O3S/c1-24-8-4-5-9-25-15-11-14(13(19)10-12(15)18)20-16-21-6-2-3-7-22(21)17(23)26-16/h10-11H,2-3,6-9H2,1H3. The van der Waals surface area contributed by atoms with Crippen molar-refractivity contribution in [1.29, 1.82) is 0 Å². The number of hydrogen-bond acceptors (Lipinski definition) is 5. The molecule has 6 nitrogen and oxygen atoms in total. The largest absolute Gasteiger partial charge is 0.479 e. The number of hydrogen-bond donors (Lipinski definition) is 0. The van der Waals surface area contributed by atoms with Crippen LogP contribution in [0.25, 0.3) is 0 Å². The van der Waals surface area contributed by atoms with Gasteiger partial charge >= 0.3 is 4.87 Å². The maximum absolute atomic E-state index is 14.3. The first-order valence-corrected chi connectivity index (χ1v) is 9.21. The highest BCUT2D eigenvalue weighted by Crippen LogP contribution is 2.31. The van der Waals surface area contributed by atoms with E-state index in [4.69, 9.17) is 21.1 Å². The van der Waals surface area contributed by atoms with Gasteiger partial charge in [0.25, 0.3) is 0 Å². The van der Waals surface area contributed by atoms with E-state index in [2.05, 4.69) is 16.8 Å². The van der Waals surface area contributed by atoms with Crippen LogP contribution in [0.5, 0.6) is 5.75 Å². The van der Waals surface area contributed by atoms with Crippen LogP contribution in [0.3, 0.4) is 0 Å². The number of ether oxygens (including phenoxy) is 2. The molecule has 0 unspecified atom stereocenters. The molecule has 2 heterocycles. The van der Waals surface area contributed by atoms with E-state index in [-0.39, 0.29) is 27.9 Å². The van der Waals surface area contributed by atoms with Crippen molar-refractivity contribution in [2.24, 2.45) is 4.99 Å². The molecule has 0 saturated carbocycles. The fraction of sp³-hybridized carbons (Fsp3) is 0.412. The average Bonchev–Trinajstić information content (AvgIpc) is 2.94. The number of benzene rings is 1. The first-order valence-electron chi connectivity index (χ1n) is 8.02. The van der Waals surface area contributed by atoms with E-state index >= 15 is 0 Å². The van der Waals surface area contributed by atoms with E-state index in [1.54, 1.807) is 16.5 Å². The number of methoxy groups -OCH3 is 1. The smallest absolute Gasteiger partial charge is 0.325 e. The summed E-state index contributed by atoms with van der Waals surface area (Å²) in [5.74, 6) is 5.22. The third-order valence-electron chi connectivity index (χ3n) is 3.75. The number of nitrogens with zero attached hydrogens (tertiary/aromatic N) is 3. The normalized spacial score (nSPS) is 13.9. The lowest BCUT2D eigenvalue weighted by atomic mass is 10.3. The van der Waals surface area contributed by atoms with Gasteiger partial charge in [-0.05, 0) is 30.2 Å². The van der Waals surface area contributed by atoms with Gasteiger partial charge in [0.05, 0.1) is 5.02 Å². The zero-order valence-corrected chi connectivity index (χ0v) is 15.7. The Hall–Kier alpha value is -2.08. The third kappa shape index (κ3) is 4.18. The maximum Gasteiger partial charge on any atom is 0.325 e. The molecule has 2 aromatic rings. The van der Waals surface area contributed by atoms with Gasteiger partial charge < -0.3 is 9.47 Å². The van der Waals surface area contributed by atoms with Gasteiger partial charge in [-0.2, -0.15) is 0 Å². The molecule has 0 amide bonds. The summed E-state index contributed by atoms with van der Waals surface area (Å²) in [6.45, 7) is 1.74. The fourth-order valence-corrected chi connectivity index (χ4v) is 3.62. The van der Waals surface area contributed by atoms with Crippen molar-refractivity contribution in [3.63, 3.8) is 0 Å². The molecule has 0 atom stereocenters. The van der Waals surface area contributed by atoms with Crippen molar-refractivity contribution in [1.82, 2.24) is 9.36 Å². The van der Waals surface area contributed by atoms with E-state index in [1.165, 1.54) is 6.07 Å². The second kappa shape index (κ2) is 8.54. The molecule has 1 aliphatic heterocycles. The molecule has 0 spiro atoms. The summed E-state index contributed by atoms with van der Waals surface area (Å²) in [6, 6.07) is 2.56. The number of fused-ring (bicyclic) bond motifs is 1. The zero-order chi connectivity index (χ0) is 18.5. The summed E-state index contributed by atoms with van der Waals surface area (Å²) in [4.78, 5) is 16.7. The molecule has 0 aliphatic carbocycles. The average molecular weight is 398 g/mol. The van der Waals surface area contributed by atoms with Crippen molar-refractivity contribution in [2.45, 2.75) is 25.9 Å². The third-order valence-corrected chi connectivity index (χ3v) is 4.92. The van der Waals surface area contributed by atoms with Gasteiger partial charge in [-0.3, -0.25) is 9.48 Å². The van der Waals surface area contributed by atoms with E-state index in [0.29, 0.717) is 24.5 Å². The van der Waals surface area contributed by atoms with Crippen LogP contribution in [-0.2, 0) is 17.8 Å². The first-order chi connectivity index (χ1) is 12.6. The molecule has 1 aromatic heterocycles. The van der Waals surface area contributed by atoms with Gasteiger partial charge in [-0.15, -0.1) is 0 Å². The molecule has 0 N–H and O–H groups in total. The van der Waals surface area contributed by atoms with Crippen molar-refractivity contribution >= 4 is 28.6 Å². The van der Waals surface area contributed by atoms with Crippen LogP contribution in [0.1, 0.15) is 12.8 Å². The summed E-state index contributed by atoms with van der Waals surface area (Å²) in [5, 5.41) is 0.134. The number of aromatic nitrogens is 2. The molecule has 0 bridgehead atoms. The van der Waals surface area contributed by atoms with Crippen LogP contribution < -0.4 is 14.4 Å².